The molecule has 1 unspecified atom stereocenters. The molecule has 1 atom stereocenters. The molecule has 0 bridgehead atoms. The molecule has 1 saturated heterocycles. The van der Waals surface area contributed by atoms with Crippen LogP contribution in [-0.4, -0.2) is 56.2 Å². The van der Waals surface area contributed by atoms with Crippen LogP contribution in [-0.2, 0) is 4.74 Å². The fourth-order valence-corrected chi connectivity index (χ4v) is 1.44. The summed E-state index contributed by atoms with van der Waals surface area (Å²) in [6, 6.07) is 0.0968. The second kappa shape index (κ2) is 3.96. The third-order valence-electron chi connectivity index (χ3n) is 2.60. The van der Waals surface area contributed by atoms with E-state index in [1.807, 2.05) is 11.8 Å². The van der Waals surface area contributed by atoms with Gasteiger partial charge in [0.05, 0.1) is 6.10 Å². The average Bonchev–Trinajstić information content (AvgIpc) is 2.00. The van der Waals surface area contributed by atoms with Crippen LogP contribution >= 0.6 is 0 Å². The molecule has 0 aliphatic carbocycles. The Balaban J connectivity index is 2.29. The summed E-state index contributed by atoms with van der Waals surface area (Å²) < 4.78 is 5.19. The van der Waals surface area contributed by atoms with E-state index in [0.29, 0.717) is 5.92 Å². The Hall–Kier alpha value is -0.770. The second-order valence-corrected chi connectivity index (χ2v) is 3.78. The van der Waals surface area contributed by atoms with E-state index in [0.717, 1.165) is 13.1 Å². The SMILES string of the molecule is COC(C)C1CN(C(=O)N(C)C)C1. The van der Waals surface area contributed by atoms with Crippen LogP contribution in [0.2, 0.25) is 0 Å². The number of nitrogens with zero attached hydrogens (tertiary/aromatic N) is 2. The fourth-order valence-electron chi connectivity index (χ4n) is 1.44. The van der Waals surface area contributed by atoms with Crippen molar-refractivity contribution in [1.29, 1.82) is 0 Å². The number of carbonyl (C=O) groups is 1. The van der Waals surface area contributed by atoms with Crippen LogP contribution in [0, 0.1) is 5.92 Å². The van der Waals surface area contributed by atoms with Crippen molar-refractivity contribution >= 4 is 6.03 Å². The molecule has 1 heterocycles. The van der Waals surface area contributed by atoms with Gasteiger partial charge in [-0.1, -0.05) is 0 Å². The summed E-state index contributed by atoms with van der Waals surface area (Å²) >= 11 is 0. The number of methoxy groups -OCH3 is 1. The van der Waals surface area contributed by atoms with Crippen molar-refractivity contribution in [2.24, 2.45) is 5.92 Å². The molecular formula is C9H18N2O2. The van der Waals surface area contributed by atoms with Gasteiger partial charge in [0.25, 0.3) is 0 Å². The quantitative estimate of drug-likeness (QED) is 0.634. The number of urea groups is 1. The summed E-state index contributed by atoms with van der Waals surface area (Å²) in [7, 11) is 5.26. The Labute approximate surface area is 79.4 Å². The molecule has 4 heteroatoms. The molecule has 4 nitrogen and oxygen atoms in total. The number of ether oxygens (including phenoxy) is 1. The van der Waals surface area contributed by atoms with Gasteiger partial charge in [0.2, 0.25) is 0 Å². The van der Waals surface area contributed by atoms with Gasteiger partial charge in [0.15, 0.2) is 0 Å². The van der Waals surface area contributed by atoms with Crippen LogP contribution in [0.5, 0.6) is 0 Å². The Morgan fingerprint density at radius 3 is 2.46 bits per heavy atom. The number of hydrogen-bond donors (Lipinski definition) is 0. The van der Waals surface area contributed by atoms with Crippen molar-refractivity contribution in [3.63, 3.8) is 0 Å². The predicted molar refractivity (Wildman–Crippen MR) is 50.6 cm³/mol. The van der Waals surface area contributed by atoms with Crippen LogP contribution < -0.4 is 0 Å². The van der Waals surface area contributed by atoms with Crippen molar-refractivity contribution in [3.05, 3.63) is 0 Å². The number of likely N-dealkylation sites (tertiary alicyclic amines) is 1. The number of hydrogen-bond acceptors (Lipinski definition) is 2. The largest absolute Gasteiger partial charge is 0.381 e. The standard InChI is InChI=1S/C9H18N2O2/c1-7(13-4)8-5-11(6-8)9(12)10(2)3/h7-8H,5-6H2,1-4H3. The molecule has 2 amide bonds. The minimum atomic E-state index is 0.0968. The van der Waals surface area contributed by atoms with Crippen LogP contribution in [0.1, 0.15) is 6.92 Å². The third-order valence-corrected chi connectivity index (χ3v) is 2.60. The minimum Gasteiger partial charge on any atom is -0.381 e. The Morgan fingerprint density at radius 1 is 1.54 bits per heavy atom. The molecule has 0 aromatic heterocycles. The third kappa shape index (κ3) is 2.12. The van der Waals surface area contributed by atoms with Crippen LogP contribution in [0.3, 0.4) is 0 Å². The summed E-state index contributed by atoms with van der Waals surface area (Å²) in [5, 5.41) is 0. The molecular weight excluding hydrogens is 168 g/mol. The van der Waals surface area contributed by atoms with E-state index in [1.54, 1.807) is 26.1 Å². The number of carbonyl (C=O) groups excluding carboxylic acids is 1. The van der Waals surface area contributed by atoms with E-state index in [1.165, 1.54) is 0 Å². The lowest BCUT2D eigenvalue weighted by Gasteiger charge is -2.42. The Kier molecular flexibility index (Phi) is 3.14. The maximum Gasteiger partial charge on any atom is 0.319 e. The number of amides is 2. The molecule has 0 radical (unpaired) electrons. The van der Waals surface area contributed by atoms with Gasteiger partial charge in [-0.3, -0.25) is 0 Å². The molecule has 1 aliphatic rings. The Morgan fingerprint density at radius 2 is 2.08 bits per heavy atom. The normalized spacial score (nSPS) is 19.5. The van der Waals surface area contributed by atoms with Crippen molar-refractivity contribution in [2.75, 3.05) is 34.3 Å². The predicted octanol–water partition coefficient (Wildman–Crippen LogP) is 0.635. The van der Waals surface area contributed by atoms with E-state index >= 15 is 0 Å². The molecule has 0 spiro atoms. The summed E-state index contributed by atoms with van der Waals surface area (Å²) in [6.45, 7) is 3.69. The van der Waals surface area contributed by atoms with Crippen molar-refractivity contribution in [1.82, 2.24) is 9.80 Å². The molecule has 1 fully saturated rings. The van der Waals surface area contributed by atoms with Gasteiger partial charge in [-0.2, -0.15) is 0 Å². The molecule has 0 aromatic carbocycles. The van der Waals surface area contributed by atoms with Gasteiger partial charge in [-0.25, -0.2) is 4.79 Å². The number of rotatable bonds is 2. The minimum absolute atomic E-state index is 0.0968. The fraction of sp³-hybridized carbons (Fsp3) is 0.889. The maximum atomic E-state index is 11.4. The van der Waals surface area contributed by atoms with Crippen molar-refractivity contribution < 1.29 is 9.53 Å². The van der Waals surface area contributed by atoms with Gasteiger partial charge in [0, 0.05) is 40.2 Å². The first kappa shape index (κ1) is 10.3. The average molecular weight is 186 g/mol. The van der Waals surface area contributed by atoms with E-state index in [9.17, 15) is 4.79 Å². The van der Waals surface area contributed by atoms with E-state index in [4.69, 9.17) is 4.74 Å². The molecule has 76 valence electrons. The smallest absolute Gasteiger partial charge is 0.319 e. The highest BCUT2D eigenvalue weighted by Crippen LogP contribution is 2.21. The van der Waals surface area contributed by atoms with E-state index in [-0.39, 0.29) is 12.1 Å². The molecule has 0 N–H and O–H groups in total. The molecule has 1 rings (SSSR count). The lowest BCUT2D eigenvalue weighted by atomic mass is 9.95. The van der Waals surface area contributed by atoms with Gasteiger partial charge in [-0.05, 0) is 6.92 Å². The highest BCUT2D eigenvalue weighted by atomic mass is 16.5. The first-order valence-corrected chi connectivity index (χ1v) is 4.55. The van der Waals surface area contributed by atoms with Crippen molar-refractivity contribution in [2.45, 2.75) is 13.0 Å². The second-order valence-electron chi connectivity index (χ2n) is 3.78. The molecule has 1 aliphatic heterocycles. The lowest BCUT2D eigenvalue weighted by molar-refractivity contribution is -0.00534. The molecule has 0 saturated carbocycles. The molecule has 13 heavy (non-hydrogen) atoms. The Bertz CT molecular complexity index is 188. The first-order chi connectivity index (χ1) is 6.06. The maximum absolute atomic E-state index is 11.4. The van der Waals surface area contributed by atoms with Crippen LogP contribution in [0.15, 0.2) is 0 Å². The van der Waals surface area contributed by atoms with E-state index in [2.05, 4.69) is 0 Å². The van der Waals surface area contributed by atoms with Crippen LogP contribution in [0.25, 0.3) is 0 Å². The van der Waals surface area contributed by atoms with Gasteiger partial charge < -0.3 is 14.5 Å². The van der Waals surface area contributed by atoms with Crippen molar-refractivity contribution in [3.8, 4) is 0 Å². The van der Waals surface area contributed by atoms with Gasteiger partial charge >= 0.3 is 6.03 Å². The zero-order valence-electron chi connectivity index (χ0n) is 8.78. The lowest BCUT2D eigenvalue weighted by Crippen LogP contribution is -2.56. The monoisotopic (exact) mass is 186 g/mol. The summed E-state index contributed by atoms with van der Waals surface area (Å²) in [6.07, 6.45) is 0.256. The summed E-state index contributed by atoms with van der Waals surface area (Å²) in [5.74, 6) is 0.508. The zero-order chi connectivity index (χ0) is 10.0. The zero-order valence-corrected chi connectivity index (χ0v) is 8.78. The topological polar surface area (TPSA) is 32.8 Å². The highest BCUT2D eigenvalue weighted by Gasteiger charge is 2.34. The molecule has 0 aromatic rings. The van der Waals surface area contributed by atoms with Crippen LogP contribution in [0.4, 0.5) is 4.79 Å². The van der Waals surface area contributed by atoms with Gasteiger partial charge in [-0.15, -0.1) is 0 Å². The highest BCUT2D eigenvalue weighted by molar-refractivity contribution is 5.74. The first-order valence-electron chi connectivity index (χ1n) is 4.55. The summed E-state index contributed by atoms with van der Waals surface area (Å²) in [4.78, 5) is 14.8. The summed E-state index contributed by atoms with van der Waals surface area (Å²) in [5.41, 5.74) is 0. The van der Waals surface area contributed by atoms with Gasteiger partial charge in [0.1, 0.15) is 0 Å². The van der Waals surface area contributed by atoms with E-state index < -0.39 is 0 Å².